The Bertz CT molecular complexity index is 649. The first-order valence-electron chi connectivity index (χ1n) is 10.9. The minimum absolute atomic E-state index is 0.0176. The first-order chi connectivity index (χ1) is 14.0. The van der Waals surface area contributed by atoms with Crippen molar-refractivity contribution < 1.29 is 9.53 Å². The number of nitrogens with one attached hydrogen (secondary N) is 2. The molecule has 1 aromatic carbocycles. The molecule has 1 amide bonds. The van der Waals surface area contributed by atoms with Crippen LogP contribution in [-0.2, 0) is 11.3 Å². The summed E-state index contributed by atoms with van der Waals surface area (Å²) in [6.07, 6.45) is 6.23. The van der Waals surface area contributed by atoms with Gasteiger partial charge in [0.15, 0.2) is 5.96 Å². The Hall–Kier alpha value is -2.08. The zero-order valence-corrected chi connectivity index (χ0v) is 18.6. The fourth-order valence-corrected chi connectivity index (χ4v) is 3.87. The van der Waals surface area contributed by atoms with Crippen LogP contribution in [0.4, 0.5) is 0 Å². The summed E-state index contributed by atoms with van der Waals surface area (Å²) >= 11 is 0. The van der Waals surface area contributed by atoms with Crippen LogP contribution in [0.3, 0.4) is 0 Å². The number of hydrogen-bond donors (Lipinski definition) is 2. The van der Waals surface area contributed by atoms with E-state index in [2.05, 4.69) is 24.5 Å². The molecule has 1 fully saturated rings. The second-order valence-corrected chi connectivity index (χ2v) is 8.10. The van der Waals surface area contributed by atoms with E-state index >= 15 is 0 Å². The molecular formula is C23H38N4O2. The Morgan fingerprint density at radius 2 is 1.83 bits per heavy atom. The van der Waals surface area contributed by atoms with E-state index in [1.165, 1.54) is 25.7 Å². The molecule has 0 atom stereocenters. The van der Waals surface area contributed by atoms with E-state index in [0.29, 0.717) is 17.5 Å². The molecule has 0 aliphatic heterocycles. The molecule has 2 rings (SSSR count). The minimum atomic E-state index is 0.0176. The van der Waals surface area contributed by atoms with E-state index < -0.39 is 0 Å². The zero-order chi connectivity index (χ0) is 21.1. The third kappa shape index (κ3) is 7.35. The summed E-state index contributed by atoms with van der Waals surface area (Å²) in [4.78, 5) is 18.3. The molecule has 0 heterocycles. The van der Waals surface area contributed by atoms with Crippen molar-refractivity contribution in [2.24, 2.45) is 10.4 Å². The number of amides is 1. The van der Waals surface area contributed by atoms with Crippen LogP contribution in [-0.4, -0.2) is 57.2 Å². The molecule has 6 heteroatoms. The van der Waals surface area contributed by atoms with E-state index in [0.717, 1.165) is 44.2 Å². The van der Waals surface area contributed by atoms with Crippen molar-refractivity contribution in [3.63, 3.8) is 0 Å². The first kappa shape index (κ1) is 23.2. The van der Waals surface area contributed by atoms with Gasteiger partial charge < -0.3 is 20.3 Å². The van der Waals surface area contributed by atoms with Crippen LogP contribution in [0, 0.1) is 5.41 Å². The highest BCUT2D eigenvalue weighted by molar-refractivity contribution is 5.93. The number of nitrogens with zero attached hydrogens (tertiary/aromatic N) is 2. The van der Waals surface area contributed by atoms with Gasteiger partial charge in [-0.2, -0.15) is 0 Å². The summed E-state index contributed by atoms with van der Waals surface area (Å²) in [7, 11) is 3.53. The summed E-state index contributed by atoms with van der Waals surface area (Å²) in [6.45, 7) is 8.10. The van der Waals surface area contributed by atoms with E-state index in [1.54, 1.807) is 19.0 Å². The summed E-state index contributed by atoms with van der Waals surface area (Å²) in [5.74, 6) is 0.868. The van der Waals surface area contributed by atoms with Gasteiger partial charge in [-0.05, 0) is 56.2 Å². The summed E-state index contributed by atoms with van der Waals surface area (Å²) < 4.78 is 5.62. The lowest BCUT2D eigenvalue weighted by molar-refractivity contribution is 0.0827. The van der Waals surface area contributed by atoms with Gasteiger partial charge in [0.1, 0.15) is 0 Å². The quantitative estimate of drug-likeness (QED) is 0.357. The van der Waals surface area contributed by atoms with Crippen LogP contribution < -0.4 is 10.6 Å². The number of ether oxygens (including phenoxy) is 1. The second-order valence-electron chi connectivity index (χ2n) is 8.10. The maximum atomic E-state index is 12.0. The van der Waals surface area contributed by atoms with Crippen molar-refractivity contribution >= 4 is 11.9 Å². The molecule has 0 saturated heterocycles. The molecule has 1 aliphatic carbocycles. The molecule has 29 heavy (non-hydrogen) atoms. The Balaban J connectivity index is 1.95. The molecule has 1 aliphatic rings. The molecule has 6 nitrogen and oxygen atoms in total. The summed E-state index contributed by atoms with van der Waals surface area (Å²) in [6, 6.07) is 7.69. The molecule has 162 valence electrons. The van der Waals surface area contributed by atoms with Gasteiger partial charge in [0, 0.05) is 46.0 Å². The van der Waals surface area contributed by atoms with Crippen LogP contribution in [0.5, 0.6) is 0 Å². The second kappa shape index (κ2) is 11.8. The lowest BCUT2D eigenvalue weighted by atomic mass is 9.83. The molecule has 0 radical (unpaired) electrons. The van der Waals surface area contributed by atoms with Crippen molar-refractivity contribution in [1.82, 2.24) is 15.5 Å². The standard InChI is InChI=1S/C23H38N4O2/c1-5-24-22(26-18-23(13-7-8-14-23)15-16-29-6-2)25-17-19-9-11-20(12-10-19)21(28)27(3)4/h9-12H,5-8,13-18H2,1-4H3,(H2,24,25,26). The highest BCUT2D eigenvalue weighted by Gasteiger charge is 2.33. The molecule has 0 spiro atoms. The molecular weight excluding hydrogens is 364 g/mol. The molecule has 0 unspecified atom stereocenters. The smallest absolute Gasteiger partial charge is 0.253 e. The Kier molecular flexibility index (Phi) is 9.45. The highest BCUT2D eigenvalue weighted by atomic mass is 16.5. The average Bonchev–Trinajstić information content (AvgIpc) is 3.19. The molecule has 2 N–H and O–H groups in total. The van der Waals surface area contributed by atoms with Crippen molar-refractivity contribution in [3.8, 4) is 0 Å². The van der Waals surface area contributed by atoms with Crippen LogP contribution in [0.25, 0.3) is 0 Å². The van der Waals surface area contributed by atoms with Crippen LogP contribution in [0.1, 0.15) is 61.9 Å². The fourth-order valence-electron chi connectivity index (χ4n) is 3.87. The lowest BCUT2D eigenvalue weighted by Gasteiger charge is -2.30. The third-order valence-corrected chi connectivity index (χ3v) is 5.65. The summed E-state index contributed by atoms with van der Waals surface area (Å²) in [5.41, 5.74) is 2.11. The van der Waals surface area contributed by atoms with E-state index in [-0.39, 0.29) is 5.91 Å². The monoisotopic (exact) mass is 402 g/mol. The van der Waals surface area contributed by atoms with Gasteiger partial charge in [-0.25, -0.2) is 4.99 Å². The van der Waals surface area contributed by atoms with Crippen LogP contribution in [0.15, 0.2) is 29.3 Å². The van der Waals surface area contributed by atoms with Gasteiger partial charge in [0.05, 0.1) is 6.54 Å². The number of hydrogen-bond acceptors (Lipinski definition) is 3. The van der Waals surface area contributed by atoms with E-state index in [1.807, 2.05) is 24.3 Å². The number of carbonyl (C=O) groups is 1. The van der Waals surface area contributed by atoms with Gasteiger partial charge in [-0.1, -0.05) is 25.0 Å². The van der Waals surface area contributed by atoms with Crippen molar-refractivity contribution in [2.75, 3.05) is 40.4 Å². The molecule has 0 aromatic heterocycles. The molecule has 1 aromatic rings. The average molecular weight is 403 g/mol. The van der Waals surface area contributed by atoms with Crippen molar-refractivity contribution in [2.45, 2.75) is 52.5 Å². The molecule has 1 saturated carbocycles. The minimum Gasteiger partial charge on any atom is -0.382 e. The topological polar surface area (TPSA) is 66.0 Å². The van der Waals surface area contributed by atoms with Crippen LogP contribution >= 0.6 is 0 Å². The normalized spacial score (nSPS) is 15.9. The molecule has 0 bridgehead atoms. The zero-order valence-electron chi connectivity index (χ0n) is 18.6. The Morgan fingerprint density at radius 1 is 1.14 bits per heavy atom. The highest BCUT2D eigenvalue weighted by Crippen LogP contribution is 2.40. The first-order valence-corrected chi connectivity index (χ1v) is 10.9. The Morgan fingerprint density at radius 3 is 2.41 bits per heavy atom. The predicted octanol–water partition coefficient (Wildman–Crippen LogP) is 3.43. The fraction of sp³-hybridized carbons (Fsp3) is 0.652. The van der Waals surface area contributed by atoms with Gasteiger partial charge in [0.2, 0.25) is 0 Å². The Labute approximate surface area is 176 Å². The van der Waals surface area contributed by atoms with Gasteiger partial charge in [0.25, 0.3) is 5.91 Å². The largest absolute Gasteiger partial charge is 0.382 e. The number of carbonyl (C=O) groups excluding carboxylic acids is 1. The van der Waals surface area contributed by atoms with Crippen LogP contribution in [0.2, 0.25) is 0 Å². The van der Waals surface area contributed by atoms with Gasteiger partial charge in [-0.3, -0.25) is 4.79 Å². The third-order valence-electron chi connectivity index (χ3n) is 5.65. The predicted molar refractivity (Wildman–Crippen MR) is 119 cm³/mol. The lowest BCUT2D eigenvalue weighted by Crippen LogP contribution is -2.43. The number of benzene rings is 1. The number of aliphatic imine (C=N–C) groups is 1. The van der Waals surface area contributed by atoms with Gasteiger partial charge in [-0.15, -0.1) is 0 Å². The maximum Gasteiger partial charge on any atom is 0.253 e. The number of rotatable bonds is 10. The maximum absolute atomic E-state index is 12.0. The van der Waals surface area contributed by atoms with Crippen molar-refractivity contribution in [1.29, 1.82) is 0 Å². The van der Waals surface area contributed by atoms with Gasteiger partial charge >= 0.3 is 0 Å². The van der Waals surface area contributed by atoms with Crippen molar-refractivity contribution in [3.05, 3.63) is 35.4 Å². The van der Waals surface area contributed by atoms with E-state index in [9.17, 15) is 4.79 Å². The van der Waals surface area contributed by atoms with E-state index in [4.69, 9.17) is 9.73 Å². The summed E-state index contributed by atoms with van der Waals surface area (Å²) in [5, 5.41) is 6.92. The SMILES string of the molecule is CCNC(=NCc1ccc(C(=O)N(C)C)cc1)NCC1(CCOCC)CCCC1. The number of guanidine groups is 1.